The first-order chi connectivity index (χ1) is 2.91. The summed E-state index contributed by atoms with van der Waals surface area (Å²) in [5.74, 6) is 0. The fourth-order valence-corrected chi connectivity index (χ4v) is 0.167. The van der Waals surface area contributed by atoms with Crippen LogP contribution in [0.2, 0.25) is 0 Å². The lowest BCUT2D eigenvalue weighted by atomic mass is 10.8. The van der Waals surface area contributed by atoms with Gasteiger partial charge in [0, 0.05) is 19.7 Å². The summed E-state index contributed by atoms with van der Waals surface area (Å²) in [6.45, 7) is 1.38. The Hall–Kier alpha value is -0.120. The summed E-state index contributed by atoms with van der Waals surface area (Å²) in [7, 11) is 3.30. The normalized spacial score (nSPS) is 7.71. The molecule has 0 aromatic rings. The molecule has 0 saturated carbocycles. The molecule has 0 aliphatic carbocycles. The van der Waals surface area contributed by atoms with Gasteiger partial charge in [0.05, 0.1) is 13.2 Å². The second-order valence-electron chi connectivity index (χ2n) is 0.986. The lowest BCUT2D eigenvalue weighted by Crippen LogP contribution is -1.96. The van der Waals surface area contributed by atoms with Crippen LogP contribution in [0.3, 0.4) is 0 Å². The van der Waals surface area contributed by atoms with E-state index in [0.717, 1.165) is 0 Å². The van der Waals surface area contributed by atoms with Gasteiger partial charge in [0.25, 0.3) is 0 Å². The van der Waals surface area contributed by atoms with Gasteiger partial charge in [-0.1, -0.05) is 0 Å². The van der Waals surface area contributed by atoms with Crippen molar-refractivity contribution in [3.05, 3.63) is 0 Å². The van der Waals surface area contributed by atoms with Gasteiger partial charge in [-0.3, -0.25) is 0 Å². The number of hydrogen-bond acceptors (Lipinski definition) is 2. The standard InChI is InChI=1S/C4H10O2.O/c1-5-3-4-6-2;/h3-4H2,1-2H3;. The van der Waals surface area contributed by atoms with Gasteiger partial charge in [-0.2, -0.15) is 0 Å². The van der Waals surface area contributed by atoms with Gasteiger partial charge < -0.3 is 9.47 Å². The molecule has 0 aromatic carbocycles. The Labute approximate surface area is 43.5 Å². The second-order valence-corrected chi connectivity index (χ2v) is 0.986. The van der Waals surface area contributed by atoms with Gasteiger partial charge in [0.2, 0.25) is 0 Å². The smallest absolute Gasteiger partial charge is 0.0696 e. The van der Waals surface area contributed by atoms with Gasteiger partial charge in [0.15, 0.2) is 0 Å². The van der Waals surface area contributed by atoms with Crippen LogP contribution in [-0.2, 0) is 14.9 Å². The van der Waals surface area contributed by atoms with Crippen molar-refractivity contribution in [3.63, 3.8) is 0 Å². The van der Waals surface area contributed by atoms with Crippen molar-refractivity contribution < 1.29 is 14.9 Å². The van der Waals surface area contributed by atoms with Crippen LogP contribution in [0.15, 0.2) is 0 Å². The molecule has 3 heteroatoms. The number of ether oxygens (including phenoxy) is 2. The molecular formula is C4H10O3. The van der Waals surface area contributed by atoms with E-state index < -0.39 is 0 Å². The zero-order chi connectivity index (χ0) is 4.83. The molecule has 44 valence electrons. The highest BCUT2D eigenvalue weighted by atomic mass is 16.5. The first-order valence-corrected chi connectivity index (χ1v) is 1.89. The van der Waals surface area contributed by atoms with Crippen LogP contribution >= 0.6 is 0 Å². The van der Waals surface area contributed by atoms with Crippen LogP contribution in [0, 0.1) is 0 Å². The maximum Gasteiger partial charge on any atom is 0.0696 e. The molecule has 0 aromatic heterocycles. The van der Waals surface area contributed by atoms with Crippen molar-refractivity contribution in [1.29, 1.82) is 0 Å². The summed E-state index contributed by atoms with van der Waals surface area (Å²) in [6, 6.07) is 0. The van der Waals surface area contributed by atoms with Crippen molar-refractivity contribution >= 4 is 0 Å². The average molecular weight is 106 g/mol. The minimum atomic E-state index is 0. The third kappa shape index (κ3) is 10.7. The Balaban J connectivity index is 0. The molecule has 0 N–H and O–H groups in total. The largest absolute Gasteiger partial charge is 0.382 e. The first-order valence-electron chi connectivity index (χ1n) is 1.89. The highest BCUT2D eigenvalue weighted by Gasteiger charge is 1.73. The molecule has 0 unspecified atom stereocenters. The third-order valence-electron chi connectivity index (χ3n) is 0.492. The summed E-state index contributed by atoms with van der Waals surface area (Å²) < 4.78 is 9.31. The molecule has 2 radical (unpaired) electrons. The second kappa shape index (κ2) is 9.30. The predicted octanol–water partition coefficient (Wildman–Crippen LogP) is 0.160. The van der Waals surface area contributed by atoms with E-state index in [9.17, 15) is 0 Å². The van der Waals surface area contributed by atoms with Gasteiger partial charge in [-0.25, -0.2) is 0 Å². The fraction of sp³-hybridized carbons (Fsp3) is 1.00. The van der Waals surface area contributed by atoms with Crippen molar-refractivity contribution in [2.24, 2.45) is 0 Å². The molecule has 0 aliphatic rings. The minimum Gasteiger partial charge on any atom is -0.382 e. The monoisotopic (exact) mass is 106 g/mol. The molecule has 0 atom stereocenters. The van der Waals surface area contributed by atoms with E-state index in [1.807, 2.05) is 0 Å². The van der Waals surface area contributed by atoms with E-state index in [0.29, 0.717) is 13.2 Å². The summed E-state index contributed by atoms with van der Waals surface area (Å²) in [6.07, 6.45) is 0. The Morgan fingerprint density at radius 2 is 1.29 bits per heavy atom. The van der Waals surface area contributed by atoms with Gasteiger partial charge in [-0.05, 0) is 0 Å². The zero-order valence-corrected chi connectivity index (χ0v) is 4.64. The maximum absolute atomic E-state index is 4.66. The molecule has 0 amide bonds. The molecule has 0 spiro atoms. The van der Waals surface area contributed by atoms with E-state index in [1.54, 1.807) is 14.2 Å². The van der Waals surface area contributed by atoms with E-state index in [4.69, 9.17) is 0 Å². The van der Waals surface area contributed by atoms with E-state index >= 15 is 0 Å². The van der Waals surface area contributed by atoms with E-state index in [1.165, 1.54) is 0 Å². The molecule has 0 heterocycles. The van der Waals surface area contributed by atoms with Gasteiger partial charge in [-0.15, -0.1) is 0 Å². The highest BCUT2D eigenvalue weighted by Crippen LogP contribution is 1.65. The van der Waals surface area contributed by atoms with Crippen LogP contribution in [0.5, 0.6) is 0 Å². The predicted molar refractivity (Wildman–Crippen MR) is 24.4 cm³/mol. The summed E-state index contributed by atoms with van der Waals surface area (Å²) in [5.41, 5.74) is 0. The van der Waals surface area contributed by atoms with Crippen molar-refractivity contribution in [2.75, 3.05) is 27.4 Å². The molecule has 0 fully saturated rings. The number of rotatable bonds is 3. The van der Waals surface area contributed by atoms with Gasteiger partial charge >= 0.3 is 0 Å². The number of hydrogen-bond donors (Lipinski definition) is 0. The van der Waals surface area contributed by atoms with Crippen LogP contribution in [0.25, 0.3) is 0 Å². The highest BCUT2D eigenvalue weighted by molar-refractivity contribution is 4.17. The quantitative estimate of drug-likeness (QED) is 0.481. The Morgan fingerprint density at radius 1 is 1.00 bits per heavy atom. The molecule has 7 heavy (non-hydrogen) atoms. The summed E-state index contributed by atoms with van der Waals surface area (Å²) in [5, 5.41) is 0. The lowest BCUT2D eigenvalue weighted by molar-refractivity contribution is 0.103. The van der Waals surface area contributed by atoms with Crippen LogP contribution in [-0.4, -0.2) is 27.4 Å². The zero-order valence-electron chi connectivity index (χ0n) is 4.64. The van der Waals surface area contributed by atoms with E-state index in [-0.39, 0.29) is 5.48 Å². The van der Waals surface area contributed by atoms with Crippen LogP contribution in [0.4, 0.5) is 0 Å². The third-order valence-corrected chi connectivity index (χ3v) is 0.492. The Bertz CT molecular complexity index is 18.9. The molecule has 3 nitrogen and oxygen atoms in total. The summed E-state index contributed by atoms with van der Waals surface area (Å²) in [4.78, 5) is 0. The molecule has 0 saturated heterocycles. The van der Waals surface area contributed by atoms with Crippen molar-refractivity contribution in [2.45, 2.75) is 0 Å². The summed E-state index contributed by atoms with van der Waals surface area (Å²) >= 11 is 0. The minimum absolute atomic E-state index is 0. The van der Waals surface area contributed by atoms with Crippen LogP contribution < -0.4 is 0 Å². The number of methoxy groups -OCH3 is 2. The SMILES string of the molecule is COCCOC.[O]. The van der Waals surface area contributed by atoms with Crippen molar-refractivity contribution in [3.8, 4) is 0 Å². The molecule has 0 bridgehead atoms. The van der Waals surface area contributed by atoms with E-state index in [2.05, 4.69) is 9.47 Å². The average Bonchev–Trinajstić information content (AvgIpc) is 1.61. The lowest BCUT2D eigenvalue weighted by Gasteiger charge is -1.91. The first kappa shape index (κ1) is 9.99. The Kier molecular flexibility index (Phi) is 13.3. The fourth-order valence-electron chi connectivity index (χ4n) is 0.167. The van der Waals surface area contributed by atoms with Gasteiger partial charge in [0.1, 0.15) is 0 Å². The molecular weight excluding hydrogens is 96.0 g/mol. The maximum atomic E-state index is 4.66. The molecule has 0 aliphatic heterocycles. The Morgan fingerprint density at radius 3 is 1.43 bits per heavy atom. The van der Waals surface area contributed by atoms with Crippen LogP contribution in [0.1, 0.15) is 0 Å². The van der Waals surface area contributed by atoms with Crippen molar-refractivity contribution in [1.82, 2.24) is 0 Å². The topological polar surface area (TPSA) is 47.0 Å². The molecule has 0 rings (SSSR count).